The summed E-state index contributed by atoms with van der Waals surface area (Å²) in [7, 11) is 0. The number of carbonyl (C=O) groups excluding carboxylic acids is 1. The van der Waals surface area contributed by atoms with E-state index >= 15 is 0 Å². The average Bonchev–Trinajstić information content (AvgIpc) is 3.08. The van der Waals surface area contributed by atoms with E-state index in [1.165, 1.54) is 5.56 Å². The quantitative estimate of drug-likeness (QED) is 0.731. The molecule has 24 heavy (non-hydrogen) atoms. The Bertz CT molecular complexity index is 674. The van der Waals surface area contributed by atoms with E-state index in [9.17, 15) is 4.79 Å². The van der Waals surface area contributed by atoms with Crippen LogP contribution in [0.15, 0.2) is 48.5 Å². The van der Waals surface area contributed by atoms with Gasteiger partial charge in [0.15, 0.2) is 11.5 Å². The Kier molecular flexibility index (Phi) is 5.69. The number of nitrogens with one attached hydrogen (secondary N) is 2. The van der Waals surface area contributed by atoms with Gasteiger partial charge in [-0.3, -0.25) is 4.79 Å². The molecule has 0 atom stereocenters. The monoisotopic (exact) mass is 326 g/mol. The van der Waals surface area contributed by atoms with Crippen LogP contribution >= 0.6 is 0 Å². The fourth-order valence-corrected chi connectivity index (χ4v) is 2.54. The van der Waals surface area contributed by atoms with E-state index in [1.807, 2.05) is 36.4 Å². The number of benzene rings is 2. The first-order valence-corrected chi connectivity index (χ1v) is 8.21. The lowest BCUT2D eigenvalue weighted by molar-refractivity contribution is -0.121. The van der Waals surface area contributed by atoms with E-state index in [2.05, 4.69) is 22.8 Å². The third-order valence-electron chi connectivity index (χ3n) is 3.89. The standard InChI is InChI=1S/C19H22N2O3/c22-19(9-11-20-10-8-15-4-2-1-3-5-15)21-13-16-6-7-17-18(12-16)24-14-23-17/h1-7,12,20H,8-11,13-14H2,(H,21,22). The summed E-state index contributed by atoms with van der Waals surface area (Å²) in [5, 5.41) is 6.22. The zero-order chi connectivity index (χ0) is 16.6. The van der Waals surface area contributed by atoms with Gasteiger partial charge in [-0.15, -0.1) is 0 Å². The first-order chi connectivity index (χ1) is 11.8. The van der Waals surface area contributed by atoms with Crippen LogP contribution < -0.4 is 20.1 Å². The predicted molar refractivity (Wildman–Crippen MR) is 92.0 cm³/mol. The van der Waals surface area contributed by atoms with Gasteiger partial charge in [-0.25, -0.2) is 0 Å². The molecule has 0 spiro atoms. The van der Waals surface area contributed by atoms with Gasteiger partial charge in [-0.05, 0) is 36.2 Å². The number of amides is 1. The molecule has 0 fully saturated rings. The van der Waals surface area contributed by atoms with Gasteiger partial charge < -0.3 is 20.1 Å². The SMILES string of the molecule is O=C(CCNCCc1ccccc1)NCc1ccc2c(c1)OCO2. The van der Waals surface area contributed by atoms with Crippen molar-refractivity contribution in [2.45, 2.75) is 19.4 Å². The van der Waals surface area contributed by atoms with Crippen molar-refractivity contribution in [1.29, 1.82) is 0 Å². The van der Waals surface area contributed by atoms with Crippen molar-refractivity contribution in [1.82, 2.24) is 10.6 Å². The Hall–Kier alpha value is -2.53. The highest BCUT2D eigenvalue weighted by molar-refractivity contribution is 5.76. The van der Waals surface area contributed by atoms with Crippen molar-refractivity contribution in [3.63, 3.8) is 0 Å². The molecule has 0 radical (unpaired) electrons. The van der Waals surface area contributed by atoms with Gasteiger partial charge in [0.1, 0.15) is 0 Å². The van der Waals surface area contributed by atoms with Crippen LogP contribution in [0.2, 0.25) is 0 Å². The first-order valence-electron chi connectivity index (χ1n) is 8.21. The number of fused-ring (bicyclic) bond motifs is 1. The molecule has 126 valence electrons. The highest BCUT2D eigenvalue weighted by Crippen LogP contribution is 2.32. The van der Waals surface area contributed by atoms with Gasteiger partial charge in [0.05, 0.1) is 0 Å². The minimum absolute atomic E-state index is 0.0416. The molecule has 5 heteroatoms. The van der Waals surface area contributed by atoms with Crippen LogP contribution in [0.4, 0.5) is 0 Å². The molecule has 0 aromatic heterocycles. The fraction of sp³-hybridized carbons (Fsp3) is 0.316. The molecular formula is C19H22N2O3. The van der Waals surface area contributed by atoms with Crippen LogP contribution in [0.5, 0.6) is 11.5 Å². The molecule has 0 aliphatic carbocycles. The van der Waals surface area contributed by atoms with Crippen LogP contribution in [0.1, 0.15) is 17.5 Å². The van der Waals surface area contributed by atoms with Crippen LogP contribution in [0, 0.1) is 0 Å². The summed E-state index contributed by atoms with van der Waals surface area (Å²) in [5.41, 5.74) is 2.31. The topological polar surface area (TPSA) is 59.6 Å². The number of hydrogen-bond acceptors (Lipinski definition) is 4. The van der Waals surface area contributed by atoms with Crippen LogP contribution in [0.3, 0.4) is 0 Å². The Morgan fingerprint density at radius 2 is 1.79 bits per heavy atom. The van der Waals surface area contributed by atoms with Crippen molar-refractivity contribution in [3.05, 3.63) is 59.7 Å². The maximum atomic E-state index is 11.9. The minimum Gasteiger partial charge on any atom is -0.454 e. The third-order valence-corrected chi connectivity index (χ3v) is 3.89. The second-order valence-corrected chi connectivity index (χ2v) is 5.70. The zero-order valence-electron chi connectivity index (χ0n) is 13.6. The number of carbonyl (C=O) groups is 1. The molecule has 1 heterocycles. The maximum Gasteiger partial charge on any atom is 0.231 e. The van der Waals surface area contributed by atoms with Crippen LogP contribution in [-0.2, 0) is 17.8 Å². The molecule has 0 saturated carbocycles. The lowest BCUT2D eigenvalue weighted by atomic mass is 10.1. The summed E-state index contributed by atoms with van der Waals surface area (Å²) in [4.78, 5) is 11.9. The van der Waals surface area contributed by atoms with Gasteiger partial charge in [0.25, 0.3) is 0 Å². The van der Waals surface area contributed by atoms with E-state index in [0.717, 1.165) is 30.0 Å². The molecule has 1 aliphatic rings. The molecule has 1 aliphatic heterocycles. The molecule has 0 saturated heterocycles. The third kappa shape index (κ3) is 4.73. The van der Waals surface area contributed by atoms with Gasteiger partial charge in [-0.1, -0.05) is 36.4 Å². The van der Waals surface area contributed by atoms with Crippen molar-refractivity contribution in [2.75, 3.05) is 19.9 Å². The van der Waals surface area contributed by atoms with Crippen LogP contribution in [-0.4, -0.2) is 25.8 Å². The van der Waals surface area contributed by atoms with E-state index in [-0.39, 0.29) is 12.7 Å². The second kappa shape index (κ2) is 8.36. The largest absolute Gasteiger partial charge is 0.454 e. The van der Waals surface area contributed by atoms with Gasteiger partial charge in [-0.2, -0.15) is 0 Å². The van der Waals surface area contributed by atoms with Crippen molar-refractivity contribution in [3.8, 4) is 11.5 Å². The zero-order valence-corrected chi connectivity index (χ0v) is 13.6. The lowest BCUT2D eigenvalue weighted by Gasteiger charge is -2.07. The predicted octanol–water partition coefficient (Wildman–Crippen LogP) is 2.25. The fourth-order valence-electron chi connectivity index (χ4n) is 2.54. The minimum atomic E-state index is 0.0416. The Morgan fingerprint density at radius 3 is 2.67 bits per heavy atom. The molecule has 2 aromatic carbocycles. The molecule has 3 rings (SSSR count). The number of rotatable bonds is 8. The van der Waals surface area contributed by atoms with E-state index < -0.39 is 0 Å². The summed E-state index contributed by atoms with van der Waals surface area (Å²) in [6.07, 6.45) is 1.44. The summed E-state index contributed by atoms with van der Waals surface area (Å²) in [6, 6.07) is 16.0. The van der Waals surface area contributed by atoms with Crippen molar-refractivity contribution >= 4 is 5.91 Å². The van der Waals surface area contributed by atoms with Gasteiger partial charge >= 0.3 is 0 Å². The maximum absolute atomic E-state index is 11.9. The molecule has 2 aromatic rings. The Morgan fingerprint density at radius 1 is 0.958 bits per heavy atom. The van der Waals surface area contributed by atoms with Gasteiger partial charge in [0.2, 0.25) is 12.7 Å². The van der Waals surface area contributed by atoms with Crippen molar-refractivity contribution in [2.24, 2.45) is 0 Å². The summed E-state index contributed by atoms with van der Waals surface area (Å²) < 4.78 is 10.6. The smallest absolute Gasteiger partial charge is 0.231 e. The average molecular weight is 326 g/mol. The summed E-state index contributed by atoms with van der Waals surface area (Å²) in [5.74, 6) is 1.54. The molecule has 1 amide bonds. The second-order valence-electron chi connectivity index (χ2n) is 5.70. The molecule has 0 bridgehead atoms. The Labute approximate surface area is 142 Å². The Balaban J connectivity index is 1.30. The van der Waals surface area contributed by atoms with E-state index in [1.54, 1.807) is 0 Å². The summed E-state index contributed by atoms with van der Waals surface area (Å²) in [6.45, 7) is 2.32. The molecular weight excluding hydrogens is 304 g/mol. The number of hydrogen-bond donors (Lipinski definition) is 2. The first kappa shape index (κ1) is 16.3. The molecule has 5 nitrogen and oxygen atoms in total. The normalized spacial score (nSPS) is 12.2. The van der Waals surface area contributed by atoms with Crippen LogP contribution in [0.25, 0.3) is 0 Å². The highest BCUT2D eigenvalue weighted by Gasteiger charge is 2.13. The lowest BCUT2D eigenvalue weighted by Crippen LogP contribution is -2.28. The molecule has 2 N–H and O–H groups in total. The summed E-state index contributed by atoms with van der Waals surface area (Å²) >= 11 is 0. The van der Waals surface area contributed by atoms with E-state index in [0.29, 0.717) is 19.5 Å². The number of ether oxygens (including phenoxy) is 2. The van der Waals surface area contributed by atoms with Crippen molar-refractivity contribution < 1.29 is 14.3 Å². The molecule has 0 unspecified atom stereocenters. The van der Waals surface area contributed by atoms with E-state index in [4.69, 9.17) is 9.47 Å². The highest BCUT2D eigenvalue weighted by atomic mass is 16.7. The van der Waals surface area contributed by atoms with Gasteiger partial charge in [0, 0.05) is 19.5 Å².